The van der Waals surface area contributed by atoms with Crippen LogP contribution in [0, 0.1) is 5.92 Å². The first kappa shape index (κ1) is 20.7. The number of carbonyl (C=O) groups excluding carboxylic acids is 2. The predicted octanol–water partition coefficient (Wildman–Crippen LogP) is 3.97. The number of carbonyl (C=O) groups is 2. The van der Waals surface area contributed by atoms with Crippen LogP contribution < -0.4 is 14.8 Å². The Labute approximate surface area is 171 Å². The van der Waals surface area contributed by atoms with Gasteiger partial charge in [0.25, 0.3) is 5.91 Å². The summed E-state index contributed by atoms with van der Waals surface area (Å²) in [5.41, 5.74) is 1.36. The zero-order chi connectivity index (χ0) is 20.8. The number of ether oxygens (including phenoxy) is 2. The number of nitrogens with zero attached hydrogens (tertiary/aromatic N) is 1. The quantitative estimate of drug-likeness (QED) is 0.802. The third-order valence-corrected chi connectivity index (χ3v) is 4.97. The number of amides is 2. The van der Waals surface area contributed by atoms with Crippen LogP contribution >= 0.6 is 0 Å². The summed E-state index contributed by atoms with van der Waals surface area (Å²) in [5, 5.41) is 2.95. The smallest absolute Gasteiger partial charge is 0.253 e. The predicted molar refractivity (Wildman–Crippen MR) is 112 cm³/mol. The average molecular weight is 396 g/mol. The molecule has 6 heteroatoms. The van der Waals surface area contributed by atoms with E-state index in [4.69, 9.17) is 9.47 Å². The lowest BCUT2D eigenvalue weighted by Crippen LogP contribution is -2.41. The number of para-hydroxylation sites is 1. The Bertz CT molecular complexity index is 843. The van der Waals surface area contributed by atoms with E-state index in [2.05, 4.69) is 5.32 Å². The highest BCUT2D eigenvalue weighted by Gasteiger charge is 2.28. The summed E-state index contributed by atoms with van der Waals surface area (Å²) in [7, 11) is 1.56. The second-order valence-electron chi connectivity index (χ2n) is 7.45. The lowest BCUT2D eigenvalue weighted by molar-refractivity contribution is -0.121. The lowest BCUT2D eigenvalue weighted by Gasteiger charge is -2.31. The fourth-order valence-electron chi connectivity index (χ4n) is 3.45. The molecule has 6 nitrogen and oxygen atoms in total. The van der Waals surface area contributed by atoms with Gasteiger partial charge in [0.2, 0.25) is 5.91 Å². The Morgan fingerprint density at radius 2 is 1.72 bits per heavy atom. The van der Waals surface area contributed by atoms with Gasteiger partial charge in [-0.15, -0.1) is 0 Å². The average Bonchev–Trinajstić information content (AvgIpc) is 2.74. The number of hydrogen-bond donors (Lipinski definition) is 1. The van der Waals surface area contributed by atoms with Gasteiger partial charge in [-0.3, -0.25) is 9.59 Å². The molecule has 0 spiro atoms. The van der Waals surface area contributed by atoms with Crippen LogP contribution in [0.5, 0.6) is 11.5 Å². The van der Waals surface area contributed by atoms with Crippen molar-refractivity contribution in [3.8, 4) is 11.5 Å². The number of piperidine rings is 1. The second-order valence-corrected chi connectivity index (χ2v) is 7.45. The van der Waals surface area contributed by atoms with Gasteiger partial charge in [0.1, 0.15) is 0 Å². The van der Waals surface area contributed by atoms with E-state index >= 15 is 0 Å². The minimum atomic E-state index is -0.0874. The largest absolute Gasteiger partial charge is 0.493 e. The Morgan fingerprint density at radius 1 is 1.03 bits per heavy atom. The summed E-state index contributed by atoms with van der Waals surface area (Å²) in [6, 6.07) is 14.7. The maximum absolute atomic E-state index is 12.9. The van der Waals surface area contributed by atoms with Gasteiger partial charge in [-0.2, -0.15) is 0 Å². The summed E-state index contributed by atoms with van der Waals surface area (Å²) < 4.78 is 11.1. The van der Waals surface area contributed by atoms with E-state index < -0.39 is 0 Å². The van der Waals surface area contributed by atoms with Crippen molar-refractivity contribution >= 4 is 17.5 Å². The second kappa shape index (κ2) is 9.45. The zero-order valence-corrected chi connectivity index (χ0v) is 17.2. The minimum absolute atomic E-state index is 0.0140. The van der Waals surface area contributed by atoms with Gasteiger partial charge in [-0.25, -0.2) is 0 Å². The van der Waals surface area contributed by atoms with Crippen LogP contribution in [0.15, 0.2) is 48.5 Å². The van der Waals surface area contributed by atoms with Crippen molar-refractivity contribution in [2.45, 2.75) is 32.8 Å². The van der Waals surface area contributed by atoms with Crippen LogP contribution in [0.3, 0.4) is 0 Å². The molecule has 154 valence electrons. The molecule has 2 amide bonds. The molecule has 3 rings (SSSR count). The van der Waals surface area contributed by atoms with Crippen molar-refractivity contribution < 1.29 is 19.1 Å². The van der Waals surface area contributed by atoms with Crippen LogP contribution in [0.25, 0.3) is 0 Å². The standard InChI is InChI=1S/C23H28N2O4/c1-16(2)29-20-10-9-18(15-21(20)28-3)23(27)25-13-11-17(12-14-25)22(26)24-19-7-5-4-6-8-19/h4-10,15-17H,11-14H2,1-3H3,(H,24,26). The fraction of sp³-hybridized carbons (Fsp3) is 0.391. The molecule has 1 heterocycles. The molecular weight excluding hydrogens is 368 g/mol. The first-order valence-electron chi connectivity index (χ1n) is 9.98. The van der Waals surface area contributed by atoms with Crippen molar-refractivity contribution in [3.63, 3.8) is 0 Å². The first-order chi connectivity index (χ1) is 14.0. The molecule has 0 radical (unpaired) electrons. The molecule has 0 aromatic heterocycles. The number of likely N-dealkylation sites (tertiary alicyclic amines) is 1. The van der Waals surface area contributed by atoms with E-state index in [9.17, 15) is 9.59 Å². The van der Waals surface area contributed by atoms with E-state index in [1.807, 2.05) is 44.2 Å². The summed E-state index contributed by atoms with van der Waals surface area (Å²) in [4.78, 5) is 27.2. The van der Waals surface area contributed by atoms with Crippen molar-refractivity contribution in [1.29, 1.82) is 0 Å². The minimum Gasteiger partial charge on any atom is -0.493 e. The third-order valence-electron chi connectivity index (χ3n) is 4.97. The molecule has 2 aromatic rings. The lowest BCUT2D eigenvalue weighted by atomic mass is 9.95. The van der Waals surface area contributed by atoms with E-state index in [1.165, 1.54) is 0 Å². The Balaban J connectivity index is 1.59. The molecule has 0 saturated carbocycles. The van der Waals surface area contributed by atoms with E-state index in [1.54, 1.807) is 30.2 Å². The van der Waals surface area contributed by atoms with Gasteiger partial charge in [0, 0.05) is 30.3 Å². The molecule has 29 heavy (non-hydrogen) atoms. The first-order valence-corrected chi connectivity index (χ1v) is 9.98. The van der Waals surface area contributed by atoms with Gasteiger partial charge in [-0.1, -0.05) is 18.2 Å². The van der Waals surface area contributed by atoms with E-state index in [0.717, 1.165) is 5.69 Å². The highest BCUT2D eigenvalue weighted by molar-refractivity contribution is 5.96. The monoisotopic (exact) mass is 396 g/mol. The number of methoxy groups -OCH3 is 1. The maximum atomic E-state index is 12.9. The third kappa shape index (κ3) is 5.28. The van der Waals surface area contributed by atoms with Crippen LogP contribution in [0.1, 0.15) is 37.0 Å². The topological polar surface area (TPSA) is 67.9 Å². The molecule has 1 fully saturated rings. The number of rotatable bonds is 6. The highest BCUT2D eigenvalue weighted by Crippen LogP contribution is 2.30. The number of anilines is 1. The SMILES string of the molecule is COc1cc(C(=O)N2CCC(C(=O)Nc3ccccc3)CC2)ccc1OC(C)C. The molecule has 1 saturated heterocycles. The van der Waals surface area contributed by atoms with E-state index in [-0.39, 0.29) is 23.8 Å². The zero-order valence-electron chi connectivity index (χ0n) is 17.2. The molecule has 0 bridgehead atoms. The van der Waals surface area contributed by atoms with Crippen LogP contribution in [0.2, 0.25) is 0 Å². The normalized spacial score (nSPS) is 14.6. The van der Waals surface area contributed by atoms with Gasteiger partial charge in [0.05, 0.1) is 13.2 Å². The molecule has 1 N–H and O–H groups in total. The van der Waals surface area contributed by atoms with Crippen molar-refractivity contribution in [1.82, 2.24) is 4.90 Å². The van der Waals surface area contributed by atoms with Crippen molar-refractivity contribution in [2.24, 2.45) is 5.92 Å². The fourth-order valence-corrected chi connectivity index (χ4v) is 3.45. The van der Waals surface area contributed by atoms with Crippen LogP contribution in [0.4, 0.5) is 5.69 Å². The summed E-state index contributed by atoms with van der Waals surface area (Å²) in [5.74, 6) is 1.04. The summed E-state index contributed by atoms with van der Waals surface area (Å²) >= 11 is 0. The van der Waals surface area contributed by atoms with Crippen LogP contribution in [-0.2, 0) is 4.79 Å². The number of nitrogens with one attached hydrogen (secondary N) is 1. The van der Waals surface area contributed by atoms with Crippen molar-refractivity contribution in [2.75, 3.05) is 25.5 Å². The summed E-state index contributed by atoms with van der Waals surface area (Å²) in [6.45, 7) is 4.99. The molecular formula is C23H28N2O4. The molecule has 2 aromatic carbocycles. The van der Waals surface area contributed by atoms with Crippen LogP contribution in [-0.4, -0.2) is 43.0 Å². The Kier molecular flexibility index (Phi) is 6.75. The number of hydrogen-bond acceptors (Lipinski definition) is 4. The molecule has 0 atom stereocenters. The molecule has 1 aliphatic heterocycles. The highest BCUT2D eigenvalue weighted by atomic mass is 16.5. The maximum Gasteiger partial charge on any atom is 0.253 e. The Morgan fingerprint density at radius 3 is 2.34 bits per heavy atom. The van der Waals surface area contributed by atoms with Gasteiger partial charge in [-0.05, 0) is 57.0 Å². The molecule has 1 aliphatic rings. The summed E-state index contributed by atoms with van der Waals surface area (Å²) in [6.07, 6.45) is 1.32. The van der Waals surface area contributed by atoms with Crippen molar-refractivity contribution in [3.05, 3.63) is 54.1 Å². The Hall–Kier alpha value is -3.02. The molecule has 0 unspecified atom stereocenters. The van der Waals surface area contributed by atoms with Gasteiger partial charge in [0.15, 0.2) is 11.5 Å². The molecule has 0 aliphatic carbocycles. The van der Waals surface area contributed by atoms with E-state index in [0.29, 0.717) is 43.0 Å². The van der Waals surface area contributed by atoms with Gasteiger partial charge < -0.3 is 19.7 Å². The van der Waals surface area contributed by atoms with Gasteiger partial charge >= 0.3 is 0 Å². The number of benzene rings is 2.